The number of benzene rings is 2. The summed E-state index contributed by atoms with van der Waals surface area (Å²) in [6.45, 7) is 4.55. The Morgan fingerprint density at radius 1 is 1.10 bits per heavy atom. The minimum absolute atomic E-state index is 0.373. The topological polar surface area (TPSA) is 35.2 Å². The number of halogens is 2. The van der Waals surface area contributed by atoms with Crippen LogP contribution in [0.25, 0.3) is 0 Å². The first kappa shape index (κ1) is 15.2. The molecule has 0 radical (unpaired) electrons. The summed E-state index contributed by atoms with van der Waals surface area (Å²) in [7, 11) is 0. The Labute approximate surface area is 129 Å². The monoisotopic (exact) mass is 309 g/mol. The van der Waals surface area contributed by atoms with Crippen LogP contribution in [-0.2, 0) is 0 Å². The maximum atomic E-state index is 6.36. The summed E-state index contributed by atoms with van der Waals surface area (Å²) >= 11 is 12.3. The summed E-state index contributed by atoms with van der Waals surface area (Å²) in [6.07, 6.45) is 0. The average molecular weight is 310 g/mol. The van der Waals surface area contributed by atoms with Crippen molar-refractivity contribution in [2.24, 2.45) is 5.73 Å². The van der Waals surface area contributed by atoms with E-state index in [1.807, 2.05) is 32.0 Å². The van der Waals surface area contributed by atoms with Gasteiger partial charge in [0.15, 0.2) is 0 Å². The molecule has 0 aliphatic heterocycles. The molecule has 0 aliphatic rings. The Balaban J connectivity index is 2.49. The maximum absolute atomic E-state index is 6.36. The Hall–Kier alpha value is -1.22. The van der Waals surface area contributed by atoms with Gasteiger partial charge in [-0.15, -0.1) is 0 Å². The van der Waals surface area contributed by atoms with Crippen LogP contribution in [0.4, 0.5) is 0 Å². The van der Waals surface area contributed by atoms with Crippen LogP contribution in [0, 0.1) is 6.92 Å². The molecule has 0 spiro atoms. The molecule has 1 unspecified atom stereocenters. The molecule has 2 aromatic carbocycles. The van der Waals surface area contributed by atoms with Crippen molar-refractivity contribution in [2.45, 2.75) is 19.9 Å². The van der Waals surface area contributed by atoms with Gasteiger partial charge in [-0.2, -0.15) is 0 Å². The molecule has 0 aromatic heterocycles. The molecule has 2 N–H and O–H groups in total. The van der Waals surface area contributed by atoms with Crippen molar-refractivity contribution in [3.05, 3.63) is 63.1 Å². The molecule has 0 aliphatic carbocycles. The van der Waals surface area contributed by atoms with E-state index < -0.39 is 0 Å². The van der Waals surface area contributed by atoms with Crippen LogP contribution < -0.4 is 10.5 Å². The average Bonchev–Trinajstić information content (AvgIpc) is 2.43. The highest BCUT2D eigenvalue weighted by Gasteiger charge is 2.17. The molecule has 20 heavy (non-hydrogen) atoms. The van der Waals surface area contributed by atoms with Crippen molar-refractivity contribution in [2.75, 3.05) is 6.61 Å². The van der Waals surface area contributed by atoms with Crippen LogP contribution in [0.1, 0.15) is 29.7 Å². The molecule has 0 bridgehead atoms. The van der Waals surface area contributed by atoms with E-state index in [0.717, 1.165) is 22.4 Å². The number of rotatable bonds is 4. The Morgan fingerprint density at radius 2 is 1.85 bits per heavy atom. The number of aryl methyl sites for hydroxylation is 1. The summed E-state index contributed by atoms with van der Waals surface area (Å²) in [5.41, 5.74) is 9.20. The lowest BCUT2D eigenvalue weighted by molar-refractivity contribution is 0.335. The molecule has 4 heteroatoms. The fourth-order valence-corrected chi connectivity index (χ4v) is 2.53. The van der Waals surface area contributed by atoms with Crippen LogP contribution in [-0.4, -0.2) is 6.61 Å². The van der Waals surface area contributed by atoms with E-state index in [0.29, 0.717) is 16.7 Å². The molecular formula is C16H17Cl2NO. The van der Waals surface area contributed by atoms with Crippen molar-refractivity contribution in [1.82, 2.24) is 0 Å². The van der Waals surface area contributed by atoms with Crippen molar-refractivity contribution in [3.63, 3.8) is 0 Å². The fraction of sp³-hybridized carbons (Fsp3) is 0.250. The van der Waals surface area contributed by atoms with Crippen molar-refractivity contribution in [3.8, 4) is 5.75 Å². The zero-order valence-electron chi connectivity index (χ0n) is 11.5. The second kappa shape index (κ2) is 6.49. The highest BCUT2D eigenvalue weighted by Crippen LogP contribution is 2.34. The molecule has 2 aromatic rings. The predicted octanol–water partition coefficient (Wildman–Crippen LogP) is 4.75. The van der Waals surface area contributed by atoms with Gasteiger partial charge in [-0.3, -0.25) is 0 Å². The molecular weight excluding hydrogens is 293 g/mol. The van der Waals surface area contributed by atoms with Gasteiger partial charge in [0.1, 0.15) is 5.75 Å². The summed E-state index contributed by atoms with van der Waals surface area (Å²) in [5.74, 6) is 0.779. The minimum Gasteiger partial charge on any atom is -0.494 e. The van der Waals surface area contributed by atoms with E-state index in [-0.39, 0.29) is 6.04 Å². The lowest BCUT2D eigenvalue weighted by atomic mass is 9.97. The number of hydrogen-bond donors (Lipinski definition) is 1. The number of ether oxygens (including phenoxy) is 1. The van der Waals surface area contributed by atoms with Gasteiger partial charge in [-0.1, -0.05) is 40.9 Å². The highest BCUT2D eigenvalue weighted by molar-refractivity contribution is 6.33. The Bertz CT molecular complexity index is 613. The Kier molecular flexibility index (Phi) is 4.92. The van der Waals surface area contributed by atoms with Crippen LogP contribution in [0.3, 0.4) is 0 Å². The van der Waals surface area contributed by atoms with Gasteiger partial charge in [0, 0.05) is 15.6 Å². The van der Waals surface area contributed by atoms with E-state index in [4.69, 9.17) is 33.7 Å². The normalized spacial score (nSPS) is 12.2. The molecule has 0 fully saturated rings. The van der Waals surface area contributed by atoms with Crippen molar-refractivity contribution >= 4 is 23.2 Å². The van der Waals surface area contributed by atoms with E-state index in [2.05, 4.69) is 0 Å². The zero-order chi connectivity index (χ0) is 14.7. The van der Waals surface area contributed by atoms with E-state index in [1.54, 1.807) is 18.2 Å². The van der Waals surface area contributed by atoms with Crippen molar-refractivity contribution in [1.29, 1.82) is 0 Å². The minimum atomic E-state index is -0.373. The molecule has 2 rings (SSSR count). The van der Waals surface area contributed by atoms with Crippen LogP contribution in [0.5, 0.6) is 5.75 Å². The SMILES string of the molecule is CCOc1ccc(C)cc1C(N)c1cc(Cl)ccc1Cl. The summed E-state index contributed by atoms with van der Waals surface area (Å²) in [4.78, 5) is 0. The first-order chi connectivity index (χ1) is 9.52. The van der Waals surface area contributed by atoms with Gasteiger partial charge in [-0.05, 0) is 43.7 Å². The lowest BCUT2D eigenvalue weighted by Crippen LogP contribution is -2.14. The van der Waals surface area contributed by atoms with Crippen LogP contribution in [0.2, 0.25) is 10.0 Å². The van der Waals surface area contributed by atoms with Gasteiger partial charge in [0.05, 0.1) is 12.6 Å². The molecule has 0 saturated carbocycles. The predicted molar refractivity (Wildman–Crippen MR) is 84.8 cm³/mol. The lowest BCUT2D eigenvalue weighted by Gasteiger charge is -2.19. The van der Waals surface area contributed by atoms with Gasteiger partial charge < -0.3 is 10.5 Å². The third-order valence-electron chi connectivity index (χ3n) is 3.09. The number of hydrogen-bond acceptors (Lipinski definition) is 2. The third-order valence-corrected chi connectivity index (χ3v) is 3.67. The summed E-state index contributed by atoms with van der Waals surface area (Å²) in [6, 6.07) is 10.9. The van der Waals surface area contributed by atoms with Gasteiger partial charge in [0.25, 0.3) is 0 Å². The van der Waals surface area contributed by atoms with Crippen LogP contribution >= 0.6 is 23.2 Å². The standard InChI is InChI=1S/C16H17Cl2NO/c1-3-20-15-7-4-10(2)8-13(15)16(19)12-9-11(17)5-6-14(12)18/h4-9,16H,3,19H2,1-2H3. The quantitative estimate of drug-likeness (QED) is 0.884. The molecule has 106 valence electrons. The van der Waals surface area contributed by atoms with Crippen LogP contribution in [0.15, 0.2) is 36.4 Å². The zero-order valence-corrected chi connectivity index (χ0v) is 13.0. The molecule has 1 atom stereocenters. The molecule has 0 amide bonds. The van der Waals surface area contributed by atoms with E-state index in [1.165, 1.54) is 0 Å². The van der Waals surface area contributed by atoms with Gasteiger partial charge in [-0.25, -0.2) is 0 Å². The van der Waals surface area contributed by atoms with Gasteiger partial charge >= 0.3 is 0 Å². The van der Waals surface area contributed by atoms with E-state index >= 15 is 0 Å². The second-order valence-electron chi connectivity index (χ2n) is 4.62. The summed E-state index contributed by atoms with van der Waals surface area (Å²) < 4.78 is 5.65. The van der Waals surface area contributed by atoms with E-state index in [9.17, 15) is 0 Å². The smallest absolute Gasteiger partial charge is 0.124 e. The molecule has 0 saturated heterocycles. The van der Waals surface area contributed by atoms with Gasteiger partial charge in [0.2, 0.25) is 0 Å². The largest absolute Gasteiger partial charge is 0.494 e. The maximum Gasteiger partial charge on any atom is 0.124 e. The number of nitrogens with two attached hydrogens (primary N) is 1. The third kappa shape index (κ3) is 3.26. The second-order valence-corrected chi connectivity index (χ2v) is 5.46. The summed E-state index contributed by atoms with van der Waals surface area (Å²) in [5, 5.41) is 1.22. The molecule has 0 heterocycles. The van der Waals surface area contributed by atoms with Crippen molar-refractivity contribution < 1.29 is 4.74 Å². The highest BCUT2D eigenvalue weighted by atomic mass is 35.5. The fourth-order valence-electron chi connectivity index (χ4n) is 2.12. The molecule has 2 nitrogen and oxygen atoms in total. The first-order valence-electron chi connectivity index (χ1n) is 6.46. The Morgan fingerprint density at radius 3 is 2.55 bits per heavy atom. The first-order valence-corrected chi connectivity index (χ1v) is 7.22.